The molecule has 26 heavy (non-hydrogen) atoms. The van der Waals surface area contributed by atoms with E-state index in [1.807, 2.05) is 25.1 Å². The molecule has 0 saturated carbocycles. The quantitative estimate of drug-likeness (QED) is 0.711. The van der Waals surface area contributed by atoms with Gasteiger partial charge in [-0.3, -0.25) is 14.4 Å². The van der Waals surface area contributed by atoms with Gasteiger partial charge in [-0.2, -0.15) is 0 Å². The van der Waals surface area contributed by atoms with E-state index in [9.17, 15) is 14.4 Å². The zero-order chi connectivity index (χ0) is 18.9. The van der Waals surface area contributed by atoms with Crippen LogP contribution in [0.15, 0.2) is 48.5 Å². The lowest BCUT2D eigenvalue weighted by Crippen LogP contribution is -2.24. The van der Waals surface area contributed by atoms with E-state index >= 15 is 0 Å². The average molecular weight is 355 g/mol. The van der Waals surface area contributed by atoms with Crippen molar-refractivity contribution < 1.29 is 19.1 Å². The van der Waals surface area contributed by atoms with Crippen molar-refractivity contribution in [2.75, 3.05) is 29.2 Å². The standard InChI is InChI=1S/C19H21N3O4/c1-13-4-3-5-17(10-13)22-19(25)12-26-11-18(24)21-16-8-6-15(7-9-16)20-14(2)23/h3-10H,11-12H2,1-2H3,(H,20,23)(H,21,24)(H,22,25). The normalized spacial score (nSPS) is 10.1. The third kappa shape index (κ3) is 6.74. The molecule has 2 rings (SSSR count). The van der Waals surface area contributed by atoms with Crippen molar-refractivity contribution in [2.24, 2.45) is 0 Å². The summed E-state index contributed by atoms with van der Waals surface area (Å²) in [6.07, 6.45) is 0. The number of hydrogen-bond acceptors (Lipinski definition) is 4. The Morgan fingerprint density at radius 3 is 1.88 bits per heavy atom. The Labute approximate surface area is 151 Å². The summed E-state index contributed by atoms with van der Waals surface area (Å²) in [5, 5.41) is 7.98. The highest BCUT2D eigenvalue weighted by atomic mass is 16.5. The van der Waals surface area contributed by atoms with Crippen molar-refractivity contribution >= 4 is 34.8 Å². The number of ether oxygens (including phenoxy) is 1. The van der Waals surface area contributed by atoms with Crippen molar-refractivity contribution in [3.8, 4) is 0 Å². The van der Waals surface area contributed by atoms with Crippen molar-refractivity contribution in [1.82, 2.24) is 0 Å². The summed E-state index contributed by atoms with van der Waals surface area (Å²) in [6.45, 7) is 2.89. The number of anilines is 3. The third-order valence-corrected chi connectivity index (χ3v) is 3.26. The lowest BCUT2D eigenvalue weighted by molar-refractivity contribution is -0.125. The number of benzene rings is 2. The summed E-state index contributed by atoms with van der Waals surface area (Å²) in [7, 11) is 0. The third-order valence-electron chi connectivity index (χ3n) is 3.26. The van der Waals surface area contributed by atoms with Gasteiger partial charge >= 0.3 is 0 Å². The largest absolute Gasteiger partial charge is 0.362 e. The molecular weight excluding hydrogens is 334 g/mol. The van der Waals surface area contributed by atoms with Crippen molar-refractivity contribution in [2.45, 2.75) is 13.8 Å². The second-order valence-corrected chi connectivity index (χ2v) is 5.72. The number of amides is 3. The lowest BCUT2D eigenvalue weighted by atomic mass is 10.2. The predicted octanol–water partition coefficient (Wildman–Crippen LogP) is 2.55. The Balaban J connectivity index is 1.71. The summed E-state index contributed by atoms with van der Waals surface area (Å²) < 4.78 is 5.13. The van der Waals surface area contributed by atoms with Gasteiger partial charge in [0.15, 0.2) is 0 Å². The molecule has 0 bridgehead atoms. The van der Waals surface area contributed by atoms with E-state index in [0.29, 0.717) is 17.1 Å². The van der Waals surface area contributed by atoms with Gasteiger partial charge in [0.1, 0.15) is 13.2 Å². The molecule has 0 unspecified atom stereocenters. The number of carbonyl (C=O) groups is 3. The molecule has 0 atom stereocenters. The molecule has 0 heterocycles. The minimum atomic E-state index is -0.374. The molecule has 0 fully saturated rings. The van der Waals surface area contributed by atoms with Gasteiger partial charge in [0.05, 0.1) is 0 Å². The predicted molar refractivity (Wildman–Crippen MR) is 100 cm³/mol. The Bertz CT molecular complexity index is 788. The van der Waals surface area contributed by atoms with E-state index in [1.54, 1.807) is 30.3 Å². The second-order valence-electron chi connectivity index (χ2n) is 5.72. The van der Waals surface area contributed by atoms with E-state index in [2.05, 4.69) is 16.0 Å². The molecule has 7 nitrogen and oxygen atoms in total. The SMILES string of the molecule is CC(=O)Nc1ccc(NC(=O)COCC(=O)Nc2cccc(C)c2)cc1. The molecule has 7 heteroatoms. The summed E-state index contributed by atoms with van der Waals surface area (Å²) in [4.78, 5) is 34.6. The summed E-state index contributed by atoms with van der Waals surface area (Å²) in [5.74, 6) is -0.872. The average Bonchev–Trinajstić information content (AvgIpc) is 2.56. The topological polar surface area (TPSA) is 96.5 Å². The molecule has 0 spiro atoms. The van der Waals surface area contributed by atoms with Crippen LogP contribution in [0.5, 0.6) is 0 Å². The number of rotatable bonds is 7. The van der Waals surface area contributed by atoms with E-state index < -0.39 is 0 Å². The fourth-order valence-corrected chi connectivity index (χ4v) is 2.19. The van der Waals surface area contributed by atoms with Gasteiger partial charge in [-0.05, 0) is 48.9 Å². The van der Waals surface area contributed by atoms with Gasteiger partial charge in [0.2, 0.25) is 17.7 Å². The monoisotopic (exact) mass is 355 g/mol. The van der Waals surface area contributed by atoms with Crippen LogP contribution in [0, 0.1) is 6.92 Å². The Kier molecular flexibility index (Phi) is 6.87. The molecule has 2 aromatic carbocycles. The summed E-state index contributed by atoms with van der Waals surface area (Å²) in [5.41, 5.74) is 2.92. The minimum absolute atomic E-state index is 0.167. The maximum Gasteiger partial charge on any atom is 0.250 e. The molecule has 3 amide bonds. The number of aryl methyl sites for hydroxylation is 1. The summed E-state index contributed by atoms with van der Waals surface area (Å²) in [6, 6.07) is 14.1. The van der Waals surface area contributed by atoms with Crippen LogP contribution in [0.2, 0.25) is 0 Å². The highest BCUT2D eigenvalue weighted by Crippen LogP contribution is 2.13. The van der Waals surface area contributed by atoms with Gasteiger partial charge in [-0.15, -0.1) is 0 Å². The molecule has 136 valence electrons. The first kappa shape index (κ1) is 19.1. The van der Waals surface area contributed by atoms with E-state index in [4.69, 9.17) is 4.74 Å². The fraction of sp³-hybridized carbons (Fsp3) is 0.211. The van der Waals surface area contributed by atoms with Crippen LogP contribution in [0.25, 0.3) is 0 Å². The van der Waals surface area contributed by atoms with E-state index in [1.165, 1.54) is 6.92 Å². The van der Waals surface area contributed by atoms with Crippen LogP contribution in [-0.2, 0) is 19.1 Å². The molecule has 0 saturated heterocycles. The number of nitrogens with one attached hydrogen (secondary N) is 3. The van der Waals surface area contributed by atoms with Crippen LogP contribution in [0.1, 0.15) is 12.5 Å². The minimum Gasteiger partial charge on any atom is -0.362 e. The first-order chi connectivity index (χ1) is 12.4. The second kappa shape index (κ2) is 9.33. The van der Waals surface area contributed by atoms with Crippen molar-refractivity contribution in [3.63, 3.8) is 0 Å². The van der Waals surface area contributed by atoms with Gasteiger partial charge in [-0.25, -0.2) is 0 Å². The summed E-state index contributed by atoms with van der Waals surface area (Å²) >= 11 is 0. The Morgan fingerprint density at radius 1 is 0.808 bits per heavy atom. The van der Waals surface area contributed by atoms with Crippen LogP contribution in [0.3, 0.4) is 0 Å². The van der Waals surface area contributed by atoms with Crippen LogP contribution < -0.4 is 16.0 Å². The first-order valence-electron chi connectivity index (χ1n) is 8.04. The molecule has 0 aliphatic heterocycles. The van der Waals surface area contributed by atoms with Crippen molar-refractivity contribution in [1.29, 1.82) is 0 Å². The van der Waals surface area contributed by atoms with E-state index in [-0.39, 0.29) is 30.9 Å². The highest BCUT2D eigenvalue weighted by Gasteiger charge is 2.07. The molecule has 0 aromatic heterocycles. The maximum absolute atomic E-state index is 11.8. The number of hydrogen-bond donors (Lipinski definition) is 3. The first-order valence-corrected chi connectivity index (χ1v) is 8.04. The van der Waals surface area contributed by atoms with Crippen LogP contribution in [0.4, 0.5) is 17.1 Å². The molecule has 0 aliphatic carbocycles. The van der Waals surface area contributed by atoms with Gasteiger partial charge in [0.25, 0.3) is 0 Å². The molecule has 2 aromatic rings. The number of carbonyl (C=O) groups excluding carboxylic acids is 3. The van der Waals surface area contributed by atoms with Crippen LogP contribution >= 0.6 is 0 Å². The van der Waals surface area contributed by atoms with Gasteiger partial charge < -0.3 is 20.7 Å². The molecule has 3 N–H and O–H groups in total. The zero-order valence-corrected chi connectivity index (χ0v) is 14.7. The Hall–Kier alpha value is -3.19. The van der Waals surface area contributed by atoms with Crippen molar-refractivity contribution in [3.05, 3.63) is 54.1 Å². The van der Waals surface area contributed by atoms with Gasteiger partial charge in [0, 0.05) is 24.0 Å². The maximum atomic E-state index is 11.8. The lowest BCUT2D eigenvalue weighted by Gasteiger charge is -2.08. The van der Waals surface area contributed by atoms with Gasteiger partial charge in [-0.1, -0.05) is 12.1 Å². The zero-order valence-electron chi connectivity index (χ0n) is 14.7. The molecular formula is C19H21N3O4. The highest BCUT2D eigenvalue weighted by molar-refractivity contribution is 5.94. The smallest absolute Gasteiger partial charge is 0.250 e. The molecule has 0 aliphatic rings. The Morgan fingerprint density at radius 2 is 1.35 bits per heavy atom. The van der Waals surface area contributed by atoms with Crippen LogP contribution in [-0.4, -0.2) is 30.9 Å². The molecule has 0 radical (unpaired) electrons. The van der Waals surface area contributed by atoms with E-state index in [0.717, 1.165) is 5.56 Å². The fourth-order valence-electron chi connectivity index (χ4n) is 2.19.